The predicted octanol–water partition coefficient (Wildman–Crippen LogP) is 4.96. The number of carbonyl (C=O) groups excluding carboxylic acids is 2. The number of carbonyl (C=O) groups is 2. The minimum absolute atomic E-state index is 0.157. The van der Waals surface area contributed by atoms with Crippen LogP contribution in [0.3, 0.4) is 0 Å². The Labute approximate surface area is 211 Å². The van der Waals surface area contributed by atoms with E-state index in [1.807, 2.05) is 18.2 Å². The second-order valence-corrected chi connectivity index (χ2v) is 8.86. The molecule has 0 radical (unpaired) electrons. The van der Waals surface area contributed by atoms with Gasteiger partial charge in [0.25, 0.3) is 11.8 Å². The molecule has 0 saturated heterocycles. The molecule has 0 unspecified atom stereocenters. The number of benzene rings is 3. The summed E-state index contributed by atoms with van der Waals surface area (Å²) in [4.78, 5) is 31.5. The van der Waals surface area contributed by atoms with Gasteiger partial charge in [0.05, 0.1) is 6.54 Å². The van der Waals surface area contributed by atoms with E-state index in [1.54, 1.807) is 46.7 Å². The van der Waals surface area contributed by atoms with E-state index in [1.165, 1.54) is 35.6 Å². The highest BCUT2D eigenvalue weighted by atomic mass is 32.1. The van der Waals surface area contributed by atoms with Gasteiger partial charge in [0.2, 0.25) is 0 Å². The van der Waals surface area contributed by atoms with Crippen LogP contribution in [0.15, 0.2) is 84.2 Å². The van der Waals surface area contributed by atoms with E-state index in [9.17, 15) is 18.4 Å². The van der Waals surface area contributed by atoms with Crippen LogP contribution in [-0.2, 0) is 24.4 Å². The lowest BCUT2D eigenvalue weighted by Crippen LogP contribution is -2.34. The highest BCUT2D eigenvalue weighted by Gasteiger charge is 2.19. The Morgan fingerprint density at radius 3 is 2.17 bits per heavy atom. The Balaban J connectivity index is 1.41. The lowest BCUT2D eigenvalue weighted by atomic mass is 10.2. The number of nitrogens with one attached hydrogen (secondary N) is 1. The smallest absolute Gasteiger partial charge is 0.271 e. The number of thiazole rings is 1. The third kappa shape index (κ3) is 7.19. The molecule has 0 bridgehead atoms. The van der Waals surface area contributed by atoms with Crippen LogP contribution in [0.2, 0.25) is 0 Å². The Hall–Kier alpha value is -4.11. The number of hydrogen-bond donors (Lipinski definition) is 1. The molecule has 0 spiro atoms. The zero-order valence-corrected chi connectivity index (χ0v) is 20.0. The van der Waals surface area contributed by atoms with Crippen molar-refractivity contribution >= 4 is 23.2 Å². The summed E-state index contributed by atoms with van der Waals surface area (Å²) in [6.45, 7) is 0.437. The average Bonchev–Trinajstić information content (AvgIpc) is 3.37. The summed E-state index contributed by atoms with van der Waals surface area (Å²) in [6, 6.07) is 20.8. The van der Waals surface area contributed by atoms with Gasteiger partial charge in [-0.25, -0.2) is 13.8 Å². The number of para-hydroxylation sites is 1. The molecule has 2 amide bonds. The standard InChI is InChI=1S/C27H23F2N3O3S/c28-21-10-6-19(7-11-21)14-30-27(34)24-18-36-25(31-24)16-32(15-20-8-12-22(29)13-9-20)26(33)17-35-23-4-2-1-3-5-23/h1-13,18H,14-17H2,(H,30,34). The molecular formula is C27H23F2N3O3S. The molecule has 3 aromatic carbocycles. The van der Waals surface area contributed by atoms with E-state index in [0.29, 0.717) is 10.8 Å². The lowest BCUT2D eigenvalue weighted by molar-refractivity contribution is -0.134. The highest BCUT2D eigenvalue weighted by Crippen LogP contribution is 2.17. The number of amides is 2. The molecule has 36 heavy (non-hydrogen) atoms. The Morgan fingerprint density at radius 1 is 0.861 bits per heavy atom. The summed E-state index contributed by atoms with van der Waals surface area (Å²) in [5.74, 6) is -0.781. The minimum Gasteiger partial charge on any atom is -0.484 e. The molecule has 4 aromatic rings. The average molecular weight is 508 g/mol. The van der Waals surface area contributed by atoms with E-state index < -0.39 is 0 Å². The van der Waals surface area contributed by atoms with E-state index in [-0.39, 0.29) is 55.4 Å². The first kappa shape index (κ1) is 25.0. The Kier molecular flexibility index (Phi) is 8.36. The number of rotatable bonds is 10. The van der Waals surface area contributed by atoms with E-state index in [4.69, 9.17) is 4.74 Å². The van der Waals surface area contributed by atoms with Crippen LogP contribution < -0.4 is 10.1 Å². The number of ether oxygens (including phenoxy) is 1. The van der Waals surface area contributed by atoms with Crippen molar-refractivity contribution < 1.29 is 23.1 Å². The second kappa shape index (κ2) is 12.0. The van der Waals surface area contributed by atoms with E-state index in [2.05, 4.69) is 10.3 Å². The third-order valence-electron chi connectivity index (χ3n) is 5.22. The van der Waals surface area contributed by atoms with Crippen LogP contribution in [0.5, 0.6) is 5.75 Å². The van der Waals surface area contributed by atoms with Crippen LogP contribution >= 0.6 is 11.3 Å². The van der Waals surface area contributed by atoms with Gasteiger partial charge in [-0.2, -0.15) is 0 Å². The van der Waals surface area contributed by atoms with Crippen molar-refractivity contribution in [1.82, 2.24) is 15.2 Å². The first-order valence-electron chi connectivity index (χ1n) is 11.1. The third-order valence-corrected chi connectivity index (χ3v) is 6.06. The number of halogens is 2. The molecule has 0 atom stereocenters. The maximum atomic E-state index is 13.3. The Morgan fingerprint density at radius 2 is 1.50 bits per heavy atom. The Bertz CT molecular complexity index is 1300. The molecule has 4 rings (SSSR count). The van der Waals surface area contributed by atoms with Crippen LogP contribution in [0.25, 0.3) is 0 Å². The first-order valence-corrected chi connectivity index (χ1v) is 12.0. The van der Waals surface area contributed by atoms with Crippen LogP contribution in [0.4, 0.5) is 8.78 Å². The monoisotopic (exact) mass is 507 g/mol. The molecule has 0 aliphatic carbocycles. The normalized spacial score (nSPS) is 10.6. The maximum Gasteiger partial charge on any atom is 0.271 e. The van der Waals surface area contributed by atoms with Gasteiger partial charge >= 0.3 is 0 Å². The molecular weight excluding hydrogens is 484 g/mol. The molecule has 9 heteroatoms. The van der Waals surface area contributed by atoms with Gasteiger partial charge in [0, 0.05) is 18.5 Å². The van der Waals surface area contributed by atoms with E-state index >= 15 is 0 Å². The van der Waals surface area contributed by atoms with Crippen molar-refractivity contribution in [3.63, 3.8) is 0 Å². The summed E-state index contributed by atoms with van der Waals surface area (Å²) < 4.78 is 32.0. The van der Waals surface area contributed by atoms with Gasteiger partial charge in [-0.15, -0.1) is 11.3 Å². The molecule has 0 saturated carbocycles. The lowest BCUT2D eigenvalue weighted by Gasteiger charge is -2.22. The van der Waals surface area contributed by atoms with Gasteiger partial charge in [-0.3, -0.25) is 9.59 Å². The fourth-order valence-electron chi connectivity index (χ4n) is 3.32. The largest absolute Gasteiger partial charge is 0.484 e. The van der Waals surface area contributed by atoms with Crippen molar-refractivity contribution in [2.24, 2.45) is 0 Å². The van der Waals surface area contributed by atoms with Gasteiger partial charge in [0.1, 0.15) is 28.1 Å². The second-order valence-electron chi connectivity index (χ2n) is 7.91. The van der Waals surface area contributed by atoms with Crippen molar-refractivity contribution in [1.29, 1.82) is 0 Å². The quantitative estimate of drug-likeness (QED) is 0.329. The minimum atomic E-state index is -0.370. The number of aromatic nitrogens is 1. The molecule has 0 aliphatic heterocycles. The van der Waals surface area contributed by atoms with Crippen LogP contribution in [0, 0.1) is 11.6 Å². The fourth-order valence-corrected chi connectivity index (χ4v) is 4.11. The van der Waals surface area contributed by atoms with Crippen LogP contribution in [-0.4, -0.2) is 28.3 Å². The molecule has 0 fully saturated rings. The summed E-state index contributed by atoms with van der Waals surface area (Å²) in [7, 11) is 0. The zero-order chi connectivity index (χ0) is 25.3. The molecule has 184 valence electrons. The van der Waals surface area contributed by atoms with Crippen molar-refractivity contribution in [3.05, 3.63) is 118 Å². The first-order chi connectivity index (χ1) is 17.5. The van der Waals surface area contributed by atoms with Crippen LogP contribution in [0.1, 0.15) is 26.6 Å². The number of nitrogens with zero attached hydrogens (tertiary/aromatic N) is 2. The summed E-state index contributed by atoms with van der Waals surface area (Å²) in [5, 5.41) is 4.94. The molecule has 0 aliphatic rings. The maximum absolute atomic E-state index is 13.3. The topological polar surface area (TPSA) is 71.5 Å². The van der Waals surface area contributed by atoms with Crippen molar-refractivity contribution in [2.45, 2.75) is 19.6 Å². The summed E-state index contributed by atoms with van der Waals surface area (Å²) >= 11 is 1.26. The van der Waals surface area contributed by atoms with Gasteiger partial charge in [0.15, 0.2) is 6.61 Å². The molecule has 1 aromatic heterocycles. The summed E-state index contributed by atoms with van der Waals surface area (Å²) in [5.41, 5.74) is 1.74. The summed E-state index contributed by atoms with van der Waals surface area (Å²) in [6.07, 6.45) is 0. The van der Waals surface area contributed by atoms with Crippen molar-refractivity contribution in [3.8, 4) is 5.75 Å². The van der Waals surface area contributed by atoms with Gasteiger partial charge in [-0.05, 0) is 47.5 Å². The SMILES string of the molecule is O=C(NCc1ccc(F)cc1)c1csc(CN(Cc2ccc(F)cc2)C(=O)COc2ccccc2)n1. The van der Waals surface area contributed by atoms with Crippen molar-refractivity contribution in [2.75, 3.05) is 6.61 Å². The zero-order valence-electron chi connectivity index (χ0n) is 19.2. The molecule has 1 N–H and O–H groups in total. The number of hydrogen-bond acceptors (Lipinski definition) is 5. The fraction of sp³-hybridized carbons (Fsp3) is 0.148. The molecule has 1 heterocycles. The van der Waals surface area contributed by atoms with Gasteiger partial charge < -0.3 is 15.0 Å². The predicted molar refractivity (Wildman–Crippen MR) is 132 cm³/mol. The highest BCUT2D eigenvalue weighted by molar-refractivity contribution is 7.09. The van der Waals surface area contributed by atoms with E-state index in [0.717, 1.165) is 11.1 Å². The van der Waals surface area contributed by atoms with Gasteiger partial charge in [-0.1, -0.05) is 42.5 Å². The molecule has 6 nitrogen and oxygen atoms in total.